The quantitative estimate of drug-likeness (QED) is 0.522. The highest BCUT2D eigenvalue weighted by atomic mass is 16.5. The normalized spacial score (nSPS) is 11.6. The molecule has 0 bridgehead atoms. The van der Waals surface area contributed by atoms with Gasteiger partial charge in [-0.3, -0.25) is 10.1 Å². The lowest BCUT2D eigenvalue weighted by Gasteiger charge is -2.20. The van der Waals surface area contributed by atoms with E-state index in [0.717, 1.165) is 16.7 Å². The first-order valence-corrected chi connectivity index (χ1v) is 10.4. The summed E-state index contributed by atoms with van der Waals surface area (Å²) in [6.07, 6.45) is 0.714. The lowest BCUT2D eigenvalue weighted by molar-refractivity contribution is -0.120. The van der Waals surface area contributed by atoms with Crippen LogP contribution in [0.2, 0.25) is 0 Å². The van der Waals surface area contributed by atoms with Crippen LogP contribution >= 0.6 is 0 Å². The molecule has 0 aliphatic heterocycles. The number of hydrogen-bond donors (Lipinski definition) is 2. The Morgan fingerprint density at radius 2 is 1.55 bits per heavy atom. The zero-order chi connectivity index (χ0) is 22.1. The summed E-state index contributed by atoms with van der Waals surface area (Å²) in [5.74, 6) is 1.35. The molecule has 1 amide bonds. The number of carbonyl (C=O) groups is 1. The Labute approximate surface area is 184 Å². The molecule has 1 atom stereocenters. The predicted molar refractivity (Wildman–Crippen MR) is 124 cm³/mol. The monoisotopic (exact) mass is 418 g/mol. The van der Waals surface area contributed by atoms with Gasteiger partial charge >= 0.3 is 0 Å². The highest BCUT2D eigenvalue weighted by Crippen LogP contribution is 2.27. The molecule has 0 radical (unpaired) electrons. The number of amides is 1. The third-order valence-corrected chi connectivity index (χ3v) is 5.19. The van der Waals surface area contributed by atoms with Crippen molar-refractivity contribution in [3.63, 3.8) is 0 Å². The Bertz CT molecular complexity index is 972. The average Bonchev–Trinajstić information content (AvgIpc) is 2.81. The molecule has 3 aromatic rings. The summed E-state index contributed by atoms with van der Waals surface area (Å²) in [6.45, 7) is 2.86. The molecular formula is C26H30N2O3. The van der Waals surface area contributed by atoms with Gasteiger partial charge in [0.2, 0.25) is 5.91 Å². The lowest BCUT2D eigenvalue weighted by atomic mass is 9.98. The van der Waals surface area contributed by atoms with Crippen LogP contribution in [0.1, 0.15) is 28.3 Å². The highest BCUT2D eigenvalue weighted by molar-refractivity contribution is 5.78. The fourth-order valence-corrected chi connectivity index (χ4v) is 3.47. The Balaban J connectivity index is 1.56. The summed E-state index contributed by atoms with van der Waals surface area (Å²) in [7, 11) is 3.23. The summed E-state index contributed by atoms with van der Waals surface area (Å²) in [5, 5.41) is 6.40. The smallest absolute Gasteiger partial charge is 0.233 e. The van der Waals surface area contributed by atoms with Crippen LogP contribution in [0.25, 0.3) is 0 Å². The van der Waals surface area contributed by atoms with E-state index in [9.17, 15) is 4.79 Å². The van der Waals surface area contributed by atoms with E-state index in [2.05, 4.69) is 54.0 Å². The van der Waals surface area contributed by atoms with Gasteiger partial charge in [-0.1, -0.05) is 66.2 Å². The van der Waals surface area contributed by atoms with Crippen LogP contribution in [-0.2, 0) is 11.2 Å². The van der Waals surface area contributed by atoms with Crippen molar-refractivity contribution in [2.75, 3.05) is 27.3 Å². The Kier molecular flexibility index (Phi) is 8.07. The molecular weight excluding hydrogens is 388 g/mol. The van der Waals surface area contributed by atoms with Gasteiger partial charge in [-0.05, 0) is 42.2 Å². The molecule has 0 aliphatic rings. The van der Waals surface area contributed by atoms with Crippen LogP contribution in [0.5, 0.6) is 11.5 Å². The molecule has 0 saturated heterocycles. The zero-order valence-corrected chi connectivity index (χ0v) is 18.4. The molecule has 31 heavy (non-hydrogen) atoms. The van der Waals surface area contributed by atoms with Gasteiger partial charge < -0.3 is 14.8 Å². The summed E-state index contributed by atoms with van der Waals surface area (Å²) >= 11 is 0. The van der Waals surface area contributed by atoms with Gasteiger partial charge in [-0.15, -0.1) is 0 Å². The van der Waals surface area contributed by atoms with Crippen LogP contribution in [-0.4, -0.2) is 33.2 Å². The van der Waals surface area contributed by atoms with Crippen molar-refractivity contribution in [2.45, 2.75) is 19.4 Å². The molecule has 5 heteroatoms. The maximum Gasteiger partial charge on any atom is 0.233 e. The molecule has 0 unspecified atom stereocenters. The van der Waals surface area contributed by atoms with E-state index < -0.39 is 0 Å². The van der Waals surface area contributed by atoms with Gasteiger partial charge in [0, 0.05) is 6.54 Å². The number of hydrogen-bond acceptors (Lipinski definition) is 4. The number of ether oxygens (including phenoxy) is 2. The van der Waals surface area contributed by atoms with Crippen LogP contribution in [0.4, 0.5) is 0 Å². The van der Waals surface area contributed by atoms with Gasteiger partial charge in [-0.25, -0.2) is 0 Å². The second kappa shape index (κ2) is 11.2. The molecule has 3 rings (SSSR count). The van der Waals surface area contributed by atoms with Crippen molar-refractivity contribution >= 4 is 5.91 Å². The first-order chi connectivity index (χ1) is 15.1. The molecule has 0 saturated carbocycles. The number of carbonyl (C=O) groups excluding carboxylic acids is 1. The van der Waals surface area contributed by atoms with E-state index in [0.29, 0.717) is 24.5 Å². The number of aryl methyl sites for hydroxylation is 1. The predicted octanol–water partition coefficient (Wildman–Crippen LogP) is 4.05. The molecule has 5 nitrogen and oxygen atoms in total. The Morgan fingerprint density at radius 1 is 0.871 bits per heavy atom. The molecule has 0 heterocycles. The fraction of sp³-hybridized carbons (Fsp3) is 0.269. The molecule has 0 aliphatic carbocycles. The zero-order valence-electron chi connectivity index (χ0n) is 18.4. The van der Waals surface area contributed by atoms with Crippen LogP contribution in [0, 0.1) is 6.92 Å². The number of rotatable bonds is 10. The SMILES string of the molecule is COc1ccc(CCNC(=O)CN[C@H](c2ccccc2)c2ccc(C)cc2)cc1OC. The minimum atomic E-state index is -0.0431. The summed E-state index contributed by atoms with van der Waals surface area (Å²) < 4.78 is 10.6. The van der Waals surface area contributed by atoms with Crippen molar-refractivity contribution in [3.05, 3.63) is 95.1 Å². The van der Waals surface area contributed by atoms with E-state index in [-0.39, 0.29) is 18.5 Å². The molecule has 0 fully saturated rings. The van der Waals surface area contributed by atoms with Crippen molar-refractivity contribution < 1.29 is 14.3 Å². The minimum absolute atomic E-state index is 0.0338. The van der Waals surface area contributed by atoms with E-state index in [4.69, 9.17) is 9.47 Å². The molecule has 162 valence electrons. The van der Waals surface area contributed by atoms with E-state index >= 15 is 0 Å². The van der Waals surface area contributed by atoms with Crippen molar-refractivity contribution in [1.29, 1.82) is 0 Å². The molecule has 0 spiro atoms. The minimum Gasteiger partial charge on any atom is -0.493 e. The molecule has 3 aromatic carbocycles. The maximum atomic E-state index is 12.5. The summed E-state index contributed by atoms with van der Waals surface area (Å²) in [4.78, 5) is 12.5. The van der Waals surface area contributed by atoms with Crippen molar-refractivity contribution in [1.82, 2.24) is 10.6 Å². The van der Waals surface area contributed by atoms with Gasteiger partial charge in [0.05, 0.1) is 26.8 Å². The second-order valence-electron chi connectivity index (χ2n) is 7.42. The van der Waals surface area contributed by atoms with Gasteiger partial charge in [0.25, 0.3) is 0 Å². The summed E-state index contributed by atoms with van der Waals surface area (Å²) in [5.41, 5.74) is 4.55. The second-order valence-corrected chi connectivity index (χ2v) is 7.42. The van der Waals surface area contributed by atoms with Gasteiger partial charge in [0.1, 0.15) is 0 Å². The van der Waals surface area contributed by atoms with E-state index in [1.165, 1.54) is 5.56 Å². The van der Waals surface area contributed by atoms with Crippen LogP contribution < -0.4 is 20.1 Å². The first-order valence-electron chi connectivity index (χ1n) is 10.4. The van der Waals surface area contributed by atoms with Gasteiger partial charge in [0.15, 0.2) is 11.5 Å². The third-order valence-electron chi connectivity index (χ3n) is 5.19. The summed E-state index contributed by atoms with van der Waals surface area (Å²) in [6, 6.07) is 24.3. The molecule has 0 aromatic heterocycles. The average molecular weight is 419 g/mol. The van der Waals surface area contributed by atoms with Crippen LogP contribution in [0.3, 0.4) is 0 Å². The van der Waals surface area contributed by atoms with Crippen molar-refractivity contribution in [2.24, 2.45) is 0 Å². The maximum absolute atomic E-state index is 12.5. The van der Waals surface area contributed by atoms with E-state index in [1.807, 2.05) is 36.4 Å². The van der Waals surface area contributed by atoms with Crippen molar-refractivity contribution in [3.8, 4) is 11.5 Å². The first kappa shape index (κ1) is 22.4. The van der Waals surface area contributed by atoms with E-state index in [1.54, 1.807) is 14.2 Å². The Hall–Kier alpha value is -3.31. The lowest BCUT2D eigenvalue weighted by Crippen LogP contribution is -2.37. The van der Waals surface area contributed by atoms with Gasteiger partial charge in [-0.2, -0.15) is 0 Å². The number of methoxy groups -OCH3 is 2. The topological polar surface area (TPSA) is 59.6 Å². The standard InChI is InChI=1S/C26H30N2O3/c1-19-9-12-22(13-10-19)26(21-7-5-4-6-8-21)28-18-25(29)27-16-15-20-11-14-23(30-2)24(17-20)31-3/h4-14,17,26,28H,15-16,18H2,1-3H3,(H,27,29)/t26-/m1/s1. The fourth-order valence-electron chi connectivity index (χ4n) is 3.47. The number of nitrogens with one attached hydrogen (secondary N) is 2. The number of benzene rings is 3. The Morgan fingerprint density at radius 3 is 2.23 bits per heavy atom. The largest absolute Gasteiger partial charge is 0.493 e. The highest BCUT2D eigenvalue weighted by Gasteiger charge is 2.15. The molecule has 2 N–H and O–H groups in total. The van der Waals surface area contributed by atoms with Crippen LogP contribution in [0.15, 0.2) is 72.8 Å². The third kappa shape index (κ3) is 6.33.